The van der Waals surface area contributed by atoms with Crippen LogP contribution in [-0.4, -0.2) is 34.6 Å². The molecule has 6 rings (SSSR count). The maximum atomic E-state index is 4.43. The van der Waals surface area contributed by atoms with Crippen LogP contribution in [0.1, 0.15) is 89.9 Å². The van der Waals surface area contributed by atoms with E-state index in [1.165, 1.54) is 89.9 Å². The molecule has 4 aliphatic carbocycles. The Bertz CT molecular complexity index is 852. The second kappa shape index (κ2) is 11.2. The second-order valence-corrected chi connectivity index (χ2v) is 11.3. The third kappa shape index (κ3) is 5.39. The van der Waals surface area contributed by atoms with E-state index in [4.69, 9.17) is 0 Å². The van der Waals surface area contributed by atoms with Crippen LogP contribution in [0, 0.1) is 29.6 Å². The average molecular weight is 452 g/mol. The van der Waals surface area contributed by atoms with Crippen molar-refractivity contribution in [3.8, 4) is 0 Å². The molecule has 0 spiro atoms. The van der Waals surface area contributed by atoms with E-state index in [1.807, 2.05) is 6.20 Å². The number of rotatable bonds is 4. The number of anilines is 1. The Labute approximate surface area is 200 Å². The van der Waals surface area contributed by atoms with Crippen LogP contribution in [0.15, 0.2) is 18.6 Å². The van der Waals surface area contributed by atoms with Gasteiger partial charge in [0.25, 0.3) is 0 Å². The Morgan fingerprint density at radius 2 is 1.52 bits per heavy atom. The van der Waals surface area contributed by atoms with Gasteiger partial charge in [0.2, 0.25) is 0 Å². The lowest BCUT2D eigenvalue weighted by atomic mass is 9.65. The quantitative estimate of drug-likeness (QED) is 0.494. The van der Waals surface area contributed by atoms with E-state index < -0.39 is 0 Å². The molecule has 6 unspecified atom stereocenters. The number of hydrogen-bond acceptors (Lipinski definition) is 4. The molecule has 4 fully saturated rings. The van der Waals surface area contributed by atoms with Gasteiger partial charge in [-0.05, 0) is 68.4 Å². The van der Waals surface area contributed by atoms with E-state index in [1.54, 1.807) is 6.33 Å². The number of aromatic nitrogens is 3. The third-order valence-electron chi connectivity index (χ3n) is 9.55. The molecular weight excluding hydrogens is 406 g/mol. The Hall–Kier alpha value is -1.62. The Kier molecular flexibility index (Phi) is 7.86. The summed E-state index contributed by atoms with van der Waals surface area (Å²) in [7, 11) is 2.14. The van der Waals surface area contributed by atoms with Gasteiger partial charge in [-0.15, -0.1) is 0 Å². The number of hydrogen-bond donors (Lipinski definition) is 3. The number of H-pyrrole nitrogens is 1. The highest BCUT2D eigenvalue weighted by Crippen LogP contribution is 2.44. The van der Waals surface area contributed by atoms with Gasteiger partial charge < -0.3 is 15.6 Å². The van der Waals surface area contributed by atoms with Gasteiger partial charge in [-0.1, -0.05) is 64.2 Å². The van der Waals surface area contributed by atoms with E-state index in [2.05, 4.69) is 38.7 Å². The minimum absolute atomic E-state index is 0.827. The molecule has 0 amide bonds. The van der Waals surface area contributed by atoms with Crippen LogP contribution in [0.5, 0.6) is 0 Å². The summed E-state index contributed by atoms with van der Waals surface area (Å²) in [6.07, 6.45) is 24.1. The van der Waals surface area contributed by atoms with Crippen molar-refractivity contribution in [1.82, 2.24) is 20.3 Å². The fourth-order valence-corrected chi connectivity index (χ4v) is 7.86. The van der Waals surface area contributed by atoms with Crippen molar-refractivity contribution in [1.29, 1.82) is 0 Å². The number of fused-ring (bicyclic) bond motifs is 3. The molecule has 6 atom stereocenters. The molecule has 2 aromatic heterocycles. The van der Waals surface area contributed by atoms with Gasteiger partial charge in [0, 0.05) is 18.8 Å². The molecule has 5 heteroatoms. The number of aromatic amines is 1. The van der Waals surface area contributed by atoms with Gasteiger partial charge in [0.1, 0.15) is 17.8 Å². The molecule has 4 saturated carbocycles. The zero-order valence-corrected chi connectivity index (χ0v) is 20.7. The summed E-state index contributed by atoms with van der Waals surface area (Å²) in [4.78, 5) is 11.8. The highest BCUT2D eigenvalue weighted by atomic mass is 15.0. The van der Waals surface area contributed by atoms with Crippen molar-refractivity contribution in [2.45, 2.75) is 95.9 Å². The first kappa shape index (κ1) is 23.1. The molecule has 0 aromatic carbocycles. The Balaban J connectivity index is 0.000000162. The summed E-state index contributed by atoms with van der Waals surface area (Å²) in [5.74, 6) is 5.86. The van der Waals surface area contributed by atoms with Gasteiger partial charge in [-0.25, -0.2) is 9.97 Å². The molecule has 182 valence electrons. The van der Waals surface area contributed by atoms with Gasteiger partial charge >= 0.3 is 0 Å². The fourth-order valence-electron chi connectivity index (χ4n) is 7.86. The third-order valence-corrected chi connectivity index (χ3v) is 9.55. The highest BCUT2D eigenvalue weighted by molar-refractivity contribution is 5.86. The molecule has 0 radical (unpaired) electrons. The molecule has 4 aliphatic rings. The SMILES string of the molecule is CNC1CCCC2CCCCC21.c1nc(NCC2CCCC3CCCCC32)c2cc[nH]c2n1. The van der Waals surface area contributed by atoms with Crippen LogP contribution in [0.4, 0.5) is 5.82 Å². The Morgan fingerprint density at radius 3 is 2.33 bits per heavy atom. The van der Waals surface area contributed by atoms with Crippen LogP contribution >= 0.6 is 0 Å². The van der Waals surface area contributed by atoms with Crippen molar-refractivity contribution in [2.24, 2.45) is 29.6 Å². The molecule has 2 heterocycles. The van der Waals surface area contributed by atoms with Crippen LogP contribution in [0.3, 0.4) is 0 Å². The standard InChI is InChI=1S/C17H24N4.C11H21N/c1-2-7-14-12(4-1)5-3-6-13(14)10-19-17-15-8-9-18-16(15)20-11-21-17;1-12-11-8-4-6-9-5-2-3-7-10(9)11/h8-9,11-14H,1-7,10H2,(H2,18,19,20,21);9-12H,2-8H2,1H3. The molecule has 33 heavy (non-hydrogen) atoms. The zero-order valence-electron chi connectivity index (χ0n) is 20.7. The molecular formula is C28H45N5. The lowest BCUT2D eigenvalue weighted by Crippen LogP contribution is -2.42. The smallest absolute Gasteiger partial charge is 0.142 e. The second-order valence-electron chi connectivity index (χ2n) is 11.3. The number of nitrogens with zero attached hydrogens (tertiary/aromatic N) is 2. The molecule has 2 aromatic rings. The van der Waals surface area contributed by atoms with Gasteiger partial charge in [0.05, 0.1) is 5.39 Å². The van der Waals surface area contributed by atoms with Gasteiger partial charge in [0.15, 0.2) is 0 Å². The van der Waals surface area contributed by atoms with E-state index in [0.29, 0.717) is 0 Å². The maximum absolute atomic E-state index is 4.43. The van der Waals surface area contributed by atoms with E-state index >= 15 is 0 Å². The molecule has 3 N–H and O–H groups in total. The van der Waals surface area contributed by atoms with Crippen molar-refractivity contribution in [2.75, 3.05) is 18.9 Å². The topological polar surface area (TPSA) is 65.6 Å². The highest BCUT2D eigenvalue weighted by Gasteiger charge is 2.35. The van der Waals surface area contributed by atoms with Crippen molar-refractivity contribution >= 4 is 16.9 Å². The number of nitrogens with one attached hydrogen (secondary N) is 3. The van der Waals surface area contributed by atoms with Gasteiger partial charge in [-0.3, -0.25) is 0 Å². The average Bonchev–Trinajstić information content (AvgIpc) is 3.37. The minimum Gasteiger partial charge on any atom is -0.369 e. The van der Waals surface area contributed by atoms with Crippen LogP contribution in [-0.2, 0) is 0 Å². The van der Waals surface area contributed by atoms with E-state index in [9.17, 15) is 0 Å². The predicted octanol–water partition coefficient (Wildman–Crippen LogP) is 6.54. The summed E-state index contributed by atoms with van der Waals surface area (Å²) < 4.78 is 0. The normalized spacial score (nSPS) is 34.0. The summed E-state index contributed by atoms with van der Waals surface area (Å²) >= 11 is 0. The summed E-state index contributed by atoms with van der Waals surface area (Å²) in [6, 6.07) is 2.91. The largest absolute Gasteiger partial charge is 0.369 e. The maximum Gasteiger partial charge on any atom is 0.142 e. The molecule has 0 saturated heterocycles. The summed E-state index contributed by atoms with van der Waals surface area (Å²) in [5, 5.41) is 8.21. The van der Waals surface area contributed by atoms with Crippen LogP contribution in [0.2, 0.25) is 0 Å². The fraction of sp³-hybridized carbons (Fsp3) is 0.786. The zero-order chi connectivity index (χ0) is 22.5. The predicted molar refractivity (Wildman–Crippen MR) is 137 cm³/mol. The first-order chi connectivity index (χ1) is 16.3. The van der Waals surface area contributed by atoms with Crippen molar-refractivity contribution in [3.63, 3.8) is 0 Å². The lowest BCUT2D eigenvalue weighted by molar-refractivity contribution is 0.111. The van der Waals surface area contributed by atoms with Crippen molar-refractivity contribution < 1.29 is 0 Å². The first-order valence-corrected chi connectivity index (χ1v) is 14.0. The van der Waals surface area contributed by atoms with E-state index in [-0.39, 0.29) is 0 Å². The summed E-state index contributed by atoms with van der Waals surface area (Å²) in [5.41, 5.74) is 0.923. The lowest BCUT2D eigenvalue weighted by Gasteiger charge is -2.41. The van der Waals surface area contributed by atoms with E-state index in [0.717, 1.165) is 59.0 Å². The molecule has 5 nitrogen and oxygen atoms in total. The monoisotopic (exact) mass is 451 g/mol. The van der Waals surface area contributed by atoms with Crippen molar-refractivity contribution in [3.05, 3.63) is 18.6 Å². The minimum atomic E-state index is 0.827. The van der Waals surface area contributed by atoms with Gasteiger partial charge in [-0.2, -0.15) is 0 Å². The molecule has 0 aliphatic heterocycles. The van der Waals surface area contributed by atoms with Crippen LogP contribution < -0.4 is 10.6 Å². The van der Waals surface area contributed by atoms with Crippen LogP contribution in [0.25, 0.3) is 11.0 Å². The summed E-state index contributed by atoms with van der Waals surface area (Å²) in [6.45, 7) is 1.07. The first-order valence-electron chi connectivity index (χ1n) is 14.0. The molecule has 0 bridgehead atoms. The Morgan fingerprint density at radius 1 is 0.818 bits per heavy atom.